The van der Waals surface area contributed by atoms with Crippen LogP contribution >= 0.6 is 0 Å². The molecule has 7 aromatic carbocycles. The monoisotopic (exact) mass is 745 g/mol. The van der Waals surface area contributed by atoms with Crippen LogP contribution < -0.4 is 0 Å². The molecule has 4 saturated carbocycles. The number of nitrogens with zero attached hydrogens (tertiary/aromatic N) is 3. The lowest BCUT2D eigenvalue weighted by Crippen LogP contribution is -2.40. The summed E-state index contributed by atoms with van der Waals surface area (Å²) in [5, 5.41) is 2.45. The van der Waals surface area contributed by atoms with E-state index in [1.165, 1.54) is 69.8 Å². The zero-order chi connectivity index (χ0) is 38.0. The molecular formula is C54H39N3O. The SMILES string of the molecule is c1ccc(-c2ccc(-c3nc(-c4ccc(-c5ccccc5)cc4)nc(-c4ccc5c(c4)-c4ccc6c(oc7ccccc76)c4C54C5CC6CC(C5)C4C6)n3)cc2)cc1. The Balaban J connectivity index is 0.986. The summed E-state index contributed by atoms with van der Waals surface area (Å²) < 4.78 is 6.91. The minimum Gasteiger partial charge on any atom is -0.456 e. The molecule has 2 aromatic heterocycles. The summed E-state index contributed by atoms with van der Waals surface area (Å²) in [5.41, 5.74) is 15.2. The first-order valence-corrected chi connectivity index (χ1v) is 20.9. The van der Waals surface area contributed by atoms with Crippen molar-refractivity contribution in [1.29, 1.82) is 0 Å². The number of furan rings is 1. The molecule has 5 aliphatic carbocycles. The second kappa shape index (κ2) is 12.2. The molecule has 4 heteroatoms. The Morgan fingerprint density at radius 2 is 1.02 bits per heavy atom. The number of benzene rings is 7. The van der Waals surface area contributed by atoms with Crippen molar-refractivity contribution in [1.82, 2.24) is 15.0 Å². The van der Waals surface area contributed by atoms with Crippen LogP contribution in [0.3, 0.4) is 0 Å². The molecule has 0 aliphatic heterocycles. The van der Waals surface area contributed by atoms with Crippen molar-refractivity contribution >= 4 is 21.9 Å². The Bertz CT molecular complexity index is 2970. The molecule has 5 unspecified atom stereocenters. The summed E-state index contributed by atoms with van der Waals surface area (Å²) in [6.45, 7) is 0. The molecule has 0 saturated heterocycles. The molecule has 0 N–H and O–H groups in total. The van der Waals surface area contributed by atoms with Gasteiger partial charge in [0, 0.05) is 38.4 Å². The minimum atomic E-state index is -0.0231. The van der Waals surface area contributed by atoms with Crippen LogP contribution in [0.1, 0.15) is 36.8 Å². The first-order chi connectivity index (χ1) is 28.7. The number of hydrogen-bond acceptors (Lipinski definition) is 4. The zero-order valence-electron chi connectivity index (χ0n) is 32.0. The molecule has 276 valence electrons. The van der Waals surface area contributed by atoms with Crippen molar-refractivity contribution in [3.63, 3.8) is 0 Å². The lowest BCUT2D eigenvalue weighted by atomic mass is 9.59. The quantitative estimate of drug-likeness (QED) is 0.176. The Morgan fingerprint density at radius 1 is 0.448 bits per heavy atom. The Labute approximate surface area is 337 Å². The Hall–Kier alpha value is -6.65. The molecule has 0 amide bonds. The Morgan fingerprint density at radius 3 is 1.67 bits per heavy atom. The van der Waals surface area contributed by atoms with Gasteiger partial charge in [-0.3, -0.25) is 0 Å². The summed E-state index contributed by atoms with van der Waals surface area (Å²) in [5.74, 6) is 4.95. The molecule has 0 radical (unpaired) electrons. The fourth-order valence-corrected chi connectivity index (χ4v) is 12.1. The fourth-order valence-electron chi connectivity index (χ4n) is 12.1. The van der Waals surface area contributed by atoms with Gasteiger partial charge < -0.3 is 4.42 Å². The summed E-state index contributed by atoms with van der Waals surface area (Å²) >= 11 is 0. The molecule has 2 heterocycles. The number of fused-ring (bicyclic) bond motifs is 7. The van der Waals surface area contributed by atoms with Crippen LogP contribution in [0, 0.1) is 23.7 Å². The van der Waals surface area contributed by atoms with E-state index in [1.807, 2.05) is 0 Å². The van der Waals surface area contributed by atoms with Gasteiger partial charge in [-0.2, -0.15) is 0 Å². The van der Waals surface area contributed by atoms with E-state index in [2.05, 4.69) is 164 Å². The Kier molecular flexibility index (Phi) is 6.81. The number of rotatable bonds is 5. The van der Waals surface area contributed by atoms with Crippen molar-refractivity contribution < 1.29 is 4.42 Å². The van der Waals surface area contributed by atoms with Gasteiger partial charge in [-0.1, -0.05) is 146 Å². The first kappa shape index (κ1) is 32.4. The fraction of sp³-hybridized carbons (Fsp3) is 0.167. The number of para-hydroxylation sites is 1. The predicted molar refractivity (Wildman–Crippen MR) is 233 cm³/mol. The van der Waals surface area contributed by atoms with Crippen LogP contribution in [0.5, 0.6) is 0 Å². The lowest BCUT2D eigenvalue weighted by molar-refractivity contribution is 0.191. The maximum Gasteiger partial charge on any atom is 0.164 e. The van der Waals surface area contributed by atoms with E-state index in [0.29, 0.717) is 29.3 Å². The first-order valence-electron chi connectivity index (χ1n) is 20.9. The van der Waals surface area contributed by atoms with Crippen molar-refractivity contribution in [3.8, 4) is 67.5 Å². The van der Waals surface area contributed by atoms with E-state index in [9.17, 15) is 0 Å². The molecule has 4 bridgehead atoms. The highest BCUT2D eigenvalue weighted by molar-refractivity contribution is 6.09. The highest BCUT2D eigenvalue weighted by Crippen LogP contribution is 2.73. The average molecular weight is 746 g/mol. The molecule has 5 atom stereocenters. The smallest absolute Gasteiger partial charge is 0.164 e. The molecular weight excluding hydrogens is 707 g/mol. The highest BCUT2D eigenvalue weighted by Gasteiger charge is 2.66. The molecule has 9 aromatic rings. The number of aromatic nitrogens is 3. The maximum absolute atomic E-state index is 6.91. The second-order valence-corrected chi connectivity index (χ2v) is 17.2. The molecule has 1 spiro atoms. The lowest BCUT2D eigenvalue weighted by Gasteiger charge is -2.43. The van der Waals surface area contributed by atoms with Gasteiger partial charge in [0.2, 0.25) is 0 Å². The van der Waals surface area contributed by atoms with Gasteiger partial charge in [-0.25, -0.2) is 15.0 Å². The van der Waals surface area contributed by atoms with Crippen LogP contribution in [-0.4, -0.2) is 15.0 Å². The van der Waals surface area contributed by atoms with Gasteiger partial charge in [0.15, 0.2) is 17.5 Å². The average Bonchev–Trinajstić information content (AvgIpc) is 3.98. The van der Waals surface area contributed by atoms with E-state index in [-0.39, 0.29) is 5.41 Å². The topological polar surface area (TPSA) is 51.8 Å². The van der Waals surface area contributed by atoms with Crippen LogP contribution in [0.15, 0.2) is 168 Å². The van der Waals surface area contributed by atoms with Crippen LogP contribution in [0.4, 0.5) is 0 Å². The third-order valence-corrected chi connectivity index (χ3v) is 14.3. The standard InChI is InChI=1S/C54H39N3O/c1-3-9-33(10-4-1)35-15-19-37(20-16-35)51-55-52(38-21-17-36(18-22-38)34-11-5-2-6-12-34)57-53(56-51)39-23-26-46-45(31-39)43-24-25-44-42-13-7-8-14-48(42)58-50(44)49(43)54(46)41-28-32-27-40(30-41)47(54)29-32/h1-26,31-32,40-41,47H,27-30H2. The minimum absolute atomic E-state index is 0.0231. The van der Waals surface area contributed by atoms with E-state index in [1.54, 1.807) is 0 Å². The van der Waals surface area contributed by atoms with Crippen molar-refractivity contribution in [2.24, 2.45) is 23.7 Å². The summed E-state index contributed by atoms with van der Waals surface area (Å²) in [7, 11) is 0. The normalized spacial score (nSPS) is 22.3. The van der Waals surface area contributed by atoms with Gasteiger partial charge in [-0.15, -0.1) is 0 Å². The third kappa shape index (κ3) is 4.60. The summed E-state index contributed by atoms with van der Waals surface area (Å²) in [6, 6.07) is 58.6. The van der Waals surface area contributed by atoms with Gasteiger partial charge in [0.1, 0.15) is 11.2 Å². The molecule has 5 aliphatic rings. The van der Waals surface area contributed by atoms with Crippen molar-refractivity contribution in [2.45, 2.75) is 31.1 Å². The predicted octanol–water partition coefficient (Wildman–Crippen LogP) is 13.4. The van der Waals surface area contributed by atoms with Gasteiger partial charge in [0.25, 0.3) is 0 Å². The van der Waals surface area contributed by atoms with E-state index in [4.69, 9.17) is 19.4 Å². The van der Waals surface area contributed by atoms with E-state index in [0.717, 1.165) is 50.8 Å². The van der Waals surface area contributed by atoms with Crippen LogP contribution in [-0.2, 0) is 5.41 Å². The third-order valence-electron chi connectivity index (χ3n) is 14.3. The van der Waals surface area contributed by atoms with E-state index >= 15 is 0 Å². The van der Waals surface area contributed by atoms with Crippen LogP contribution in [0.25, 0.3) is 89.5 Å². The largest absolute Gasteiger partial charge is 0.456 e. The number of hydrogen-bond donors (Lipinski definition) is 0. The summed E-state index contributed by atoms with van der Waals surface area (Å²) in [6.07, 6.45) is 5.35. The second-order valence-electron chi connectivity index (χ2n) is 17.2. The highest BCUT2D eigenvalue weighted by atomic mass is 16.3. The maximum atomic E-state index is 6.91. The van der Waals surface area contributed by atoms with Gasteiger partial charge in [0.05, 0.1) is 0 Å². The molecule has 14 rings (SSSR count). The van der Waals surface area contributed by atoms with Gasteiger partial charge in [-0.05, 0) is 106 Å². The molecule has 4 nitrogen and oxygen atoms in total. The van der Waals surface area contributed by atoms with Gasteiger partial charge >= 0.3 is 0 Å². The molecule has 58 heavy (non-hydrogen) atoms. The van der Waals surface area contributed by atoms with Crippen LogP contribution in [0.2, 0.25) is 0 Å². The summed E-state index contributed by atoms with van der Waals surface area (Å²) in [4.78, 5) is 15.6. The zero-order valence-corrected chi connectivity index (χ0v) is 32.0. The van der Waals surface area contributed by atoms with E-state index < -0.39 is 0 Å². The van der Waals surface area contributed by atoms with Crippen molar-refractivity contribution in [3.05, 3.63) is 175 Å². The van der Waals surface area contributed by atoms with Crippen molar-refractivity contribution in [2.75, 3.05) is 0 Å². The molecule has 4 fully saturated rings.